The fraction of sp³-hybridized carbons (Fsp3) is 0. The number of rotatable bonds is 6. The Labute approximate surface area is 190 Å². The van der Waals surface area contributed by atoms with E-state index < -0.39 is 25.8 Å². The first-order valence-corrected chi connectivity index (χ1v) is 12.6. The summed E-state index contributed by atoms with van der Waals surface area (Å²) in [4.78, 5) is -0.271. The van der Waals surface area contributed by atoms with Gasteiger partial charge in [-0.3, -0.25) is 9.44 Å². The maximum absolute atomic E-state index is 12.9. The molecule has 0 fully saturated rings. The van der Waals surface area contributed by atoms with Crippen molar-refractivity contribution in [3.05, 3.63) is 90.0 Å². The van der Waals surface area contributed by atoms with Gasteiger partial charge in [0.25, 0.3) is 20.0 Å². The van der Waals surface area contributed by atoms with Gasteiger partial charge in [-0.05, 0) is 59.3 Å². The van der Waals surface area contributed by atoms with Gasteiger partial charge in [-0.1, -0.05) is 48.0 Å². The molecule has 0 atom stereocenters. The molecule has 0 unspecified atom stereocenters. The standard InChI is InChI=1S/C22H17ClN2O5S2/c23-17-6-3-7-18(13-17)24-31(27,28)20-10-11-22(26)21(14-20)25-32(29,30)19-9-8-15-4-1-2-5-16(15)12-19/h1-14,24-26H. The van der Waals surface area contributed by atoms with Crippen LogP contribution in [0.3, 0.4) is 0 Å². The van der Waals surface area contributed by atoms with E-state index in [1.54, 1.807) is 30.3 Å². The molecule has 164 valence electrons. The molecule has 0 radical (unpaired) electrons. The molecule has 0 aliphatic carbocycles. The number of aromatic hydroxyl groups is 1. The Balaban J connectivity index is 1.66. The fourth-order valence-corrected chi connectivity index (χ4v) is 5.43. The molecular formula is C22H17ClN2O5S2. The van der Waals surface area contributed by atoms with E-state index in [-0.39, 0.29) is 21.2 Å². The summed E-state index contributed by atoms with van der Waals surface area (Å²) in [7, 11) is -8.17. The molecular weight excluding hydrogens is 472 g/mol. The summed E-state index contributed by atoms with van der Waals surface area (Å²) >= 11 is 5.89. The zero-order valence-corrected chi connectivity index (χ0v) is 18.7. The molecule has 0 saturated carbocycles. The van der Waals surface area contributed by atoms with Gasteiger partial charge in [0.1, 0.15) is 5.75 Å². The van der Waals surface area contributed by atoms with E-state index in [1.807, 2.05) is 12.1 Å². The van der Waals surface area contributed by atoms with Crippen LogP contribution in [-0.2, 0) is 20.0 Å². The lowest BCUT2D eigenvalue weighted by atomic mass is 10.1. The smallest absolute Gasteiger partial charge is 0.262 e. The molecule has 0 spiro atoms. The molecule has 4 aromatic carbocycles. The number of benzene rings is 4. The van der Waals surface area contributed by atoms with Crippen molar-refractivity contribution in [3.63, 3.8) is 0 Å². The van der Waals surface area contributed by atoms with E-state index in [1.165, 1.54) is 24.3 Å². The van der Waals surface area contributed by atoms with Crippen LogP contribution in [0.5, 0.6) is 5.75 Å². The molecule has 0 amide bonds. The Bertz CT molecular complexity index is 1540. The van der Waals surface area contributed by atoms with Crippen molar-refractivity contribution >= 4 is 53.8 Å². The van der Waals surface area contributed by atoms with Crippen molar-refractivity contribution < 1.29 is 21.9 Å². The summed E-state index contributed by atoms with van der Waals surface area (Å²) < 4.78 is 55.9. The zero-order valence-electron chi connectivity index (χ0n) is 16.4. The van der Waals surface area contributed by atoms with E-state index in [0.29, 0.717) is 5.02 Å². The van der Waals surface area contributed by atoms with Crippen LogP contribution in [0, 0.1) is 0 Å². The molecule has 7 nitrogen and oxygen atoms in total. The second-order valence-electron chi connectivity index (χ2n) is 6.91. The van der Waals surface area contributed by atoms with Crippen LogP contribution in [0.4, 0.5) is 11.4 Å². The number of anilines is 2. The molecule has 4 aromatic rings. The number of nitrogens with one attached hydrogen (secondary N) is 2. The van der Waals surface area contributed by atoms with E-state index in [9.17, 15) is 21.9 Å². The first-order valence-electron chi connectivity index (χ1n) is 9.27. The summed E-state index contributed by atoms with van der Waals surface area (Å²) in [6, 6.07) is 21.3. The van der Waals surface area contributed by atoms with Crippen molar-refractivity contribution in [2.24, 2.45) is 0 Å². The maximum Gasteiger partial charge on any atom is 0.262 e. The minimum absolute atomic E-state index is 0.0269. The van der Waals surface area contributed by atoms with Crippen LogP contribution in [0.2, 0.25) is 5.02 Å². The molecule has 4 rings (SSSR count). The minimum atomic E-state index is -4.10. The lowest BCUT2D eigenvalue weighted by Crippen LogP contribution is -2.15. The Morgan fingerprint density at radius 2 is 1.31 bits per heavy atom. The minimum Gasteiger partial charge on any atom is -0.506 e. The van der Waals surface area contributed by atoms with Gasteiger partial charge in [-0.25, -0.2) is 16.8 Å². The quantitative estimate of drug-likeness (QED) is 0.337. The maximum atomic E-state index is 12.9. The first-order chi connectivity index (χ1) is 15.1. The van der Waals surface area contributed by atoms with E-state index in [2.05, 4.69) is 9.44 Å². The average Bonchev–Trinajstić information content (AvgIpc) is 2.74. The summed E-state index contributed by atoms with van der Waals surface area (Å²) in [5, 5.41) is 12.1. The number of phenols is 1. The van der Waals surface area contributed by atoms with Crippen molar-refractivity contribution in [1.82, 2.24) is 0 Å². The highest BCUT2D eigenvalue weighted by Crippen LogP contribution is 2.30. The Hall–Kier alpha value is -3.27. The van der Waals surface area contributed by atoms with Crippen LogP contribution in [0.1, 0.15) is 0 Å². The third kappa shape index (κ3) is 4.64. The molecule has 0 saturated heterocycles. The van der Waals surface area contributed by atoms with Crippen LogP contribution in [0.15, 0.2) is 94.7 Å². The van der Waals surface area contributed by atoms with Gasteiger partial charge < -0.3 is 5.11 Å². The second-order valence-corrected chi connectivity index (χ2v) is 10.7. The van der Waals surface area contributed by atoms with Crippen LogP contribution >= 0.6 is 11.6 Å². The molecule has 3 N–H and O–H groups in total. The predicted octanol–water partition coefficient (Wildman–Crippen LogP) is 4.80. The molecule has 0 aromatic heterocycles. The Morgan fingerprint density at radius 1 is 0.656 bits per heavy atom. The summed E-state index contributed by atoms with van der Waals surface area (Å²) in [6.07, 6.45) is 0. The summed E-state index contributed by atoms with van der Waals surface area (Å²) in [5.74, 6) is -0.420. The van der Waals surface area contributed by atoms with Crippen LogP contribution in [0.25, 0.3) is 10.8 Å². The van der Waals surface area contributed by atoms with E-state index in [0.717, 1.165) is 29.0 Å². The Kier molecular flexibility index (Phi) is 5.72. The predicted molar refractivity (Wildman–Crippen MR) is 125 cm³/mol. The van der Waals surface area contributed by atoms with Crippen molar-refractivity contribution in [3.8, 4) is 5.75 Å². The van der Waals surface area contributed by atoms with Gasteiger partial charge in [-0.2, -0.15) is 0 Å². The number of sulfonamides is 2. The molecule has 0 aliphatic rings. The van der Waals surface area contributed by atoms with Gasteiger partial charge in [0.15, 0.2) is 0 Å². The normalized spacial score (nSPS) is 11.9. The third-order valence-electron chi connectivity index (χ3n) is 4.63. The van der Waals surface area contributed by atoms with Crippen molar-refractivity contribution in [2.45, 2.75) is 9.79 Å². The van der Waals surface area contributed by atoms with Gasteiger partial charge in [0.05, 0.1) is 21.2 Å². The number of phenolic OH excluding ortho intramolecular Hbond substituents is 1. The number of fused-ring (bicyclic) bond motifs is 1. The van der Waals surface area contributed by atoms with Crippen LogP contribution < -0.4 is 9.44 Å². The summed E-state index contributed by atoms with van der Waals surface area (Å²) in [6.45, 7) is 0. The SMILES string of the molecule is O=S(=O)(Nc1cccc(Cl)c1)c1ccc(O)c(NS(=O)(=O)c2ccc3ccccc3c2)c1. The van der Waals surface area contributed by atoms with Gasteiger partial charge >= 0.3 is 0 Å². The topological polar surface area (TPSA) is 113 Å². The van der Waals surface area contributed by atoms with Gasteiger partial charge in [-0.15, -0.1) is 0 Å². The van der Waals surface area contributed by atoms with Crippen molar-refractivity contribution in [1.29, 1.82) is 0 Å². The first kappa shape index (κ1) is 21.9. The largest absolute Gasteiger partial charge is 0.506 e. The lowest BCUT2D eigenvalue weighted by molar-refractivity contribution is 0.477. The highest BCUT2D eigenvalue weighted by molar-refractivity contribution is 7.93. The monoisotopic (exact) mass is 488 g/mol. The molecule has 10 heteroatoms. The number of hydrogen-bond donors (Lipinski definition) is 3. The molecule has 0 heterocycles. The van der Waals surface area contributed by atoms with Crippen molar-refractivity contribution in [2.75, 3.05) is 9.44 Å². The average molecular weight is 489 g/mol. The third-order valence-corrected chi connectivity index (χ3v) is 7.61. The molecule has 32 heavy (non-hydrogen) atoms. The van der Waals surface area contributed by atoms with Gasteiger partial charge in [0.2, 0.25) is 0 Å². The number of hydrogen-bond acceptors (Lipinski definition) is 5. The Morgan fingerprint density at radius 3 is 2.06 bits per heavy atom. The van der Waals surface area contributed by atoms with E-state index >= 15 is 0 Å². The van der Waals surface area contributed by atoms with Crippen LogP contribution in [-0.4, -0.2) is 21.9 Å². The van der Waals surface area contributed by atoms with E-state index in [4.69, 9.17) is 11.6 Å². The highest BCUT2D eigenvalue weighted by atomic mass is 35.5. The molecule has 0 bridgehead atoms. The summed E-state index contributed by atoms with van der Waals surface area (Å²) in [5.41, 5.74) is -0.0315. The zero-order chi connectivity index (χ0) is 22.9. The molecule has 0 aliphatic heterocycles. The second kappa shape index (κ2) is 8.34. The van der Waals surface area contributed by atoms with Gasteiger partial charge in [0, 0.05) is 5.02 Å². The highest BCUT2D eigenvalue weighted by Gasteiger charge is 2.21. The number of halogens is 1. The fourth-order valence-electron chi connectivity index (χ4n) is 3.07. The lowest BCUT2D eigenvalue weighted by Gasteiger charge is -2.13.